The zero-order chi connectivity index (χ0) is 18.8. The molecule has 1 aromatic heterocycles. The maximum atomic E-state index is 12.5. The molecule has 3 heterocycles. The Morgan fingerprint density at radius 2 is 2.22 bits per heavy atom. The maximum Gasteiger partial charge on any atom is 0.237 e. The molecule has 0 N–H and O–H groups in total. The standard InChI is InChI=1S/C20H21ClN4O2/c21-17-5-6-18(20-16(17)4-1-8-23-20)27-15-7-10-24(12-15)13-19(26)25-9-2-3-14(25)11-22/h1,4-6,8,14-15H,2-3,7,9-10,12-13H2. The third-order valence-corrected chi connectivity index (χ3v) is 5.61. The molecular formula is C20H21ClN4O2. The minimum Gasteiger partial charge on any atom is -0.487 e. The minimum atomic E-state index is -0.265. The van der Waals surface area contributed by atoms with E-state index in [4.69, 9.17) is 21.6 Å². The molecule has 6 nitrogen and oxygen atoms in total. The van der Waals surface area contributed by atoms with Crippen LogP contribution in [0, 0.1) is 11.3 Å². The summed E-state index contributed by atoms with van der Waals surface area (Å²) < 4.78 is 6.18. The van der Waals surface area contributed by atoms with Crippen LogP contribution in [0.4, 0.5) is 0 Å². The number of nitrogens with zero attached hydrogens (tertiary/aromatic N) is 4. The van der Waals surface area contributed by atoms with Gasteiger partial charge in [0.05, 0.1) is 17.6 Å². The van der Waals surface area contributed by atoms with E-state index in [1.807, 2.05) is 24.3 Å². The number of hydrogen-bond donors (Lipinski definition) is 0. The van der Waals surface area contributed by atoms with E-state index in [0.717, 1.165) is 42.5 Å². The highest BCUT2D eigenvalue weighted by molar-refractivity contribution is 6.35. The Morgan fingerprint density at radius 1 is 1.33 bits per heavy atom. The fraction of sp³-hybridized carbons (Fsp3) is 0.450. The first-order valence-electron chi connectivity index (χ1n) is 9.27. The molecule has 1 aromatic carbocycles. The van der Waals surface area contributed by atoms with Crippen LogP contribution in [0.15, 0.2) is 30.5 Å². The number of nitriles is 1. The molecular weight excluding hydrogens is 364 g/mol. The first-order chi connectivity index (χ1) is 13.2. The fourth-order valence-electron chi connectivity index (χ4n) is 3.91. The van der Waals surface area contributed by atoms with Crippen molar-refractivity contribution in [1.82, 2.24) is 14.8 Å². The van der Waals surface area contributed by atoms with Gasteiger partial charge in [-0.15, -0.1) is 0 Å². The lowest BCUT2D eigenvalue weighted by Crippen LogP contribution is -2.42. The van der Waals surface area contributed by atoms with Gasteiger partial charge in [-0.1, -0.05) is 11.6 Å². The first kappa shape index (κ1) is 18.0. The van der Waals surface area contributed by atoms with Gasteiger partial charge in [0.1, 0.15) is 23.4 Å². The Hall–Kier alpha value is -2.36. The molecule has 27 heavy (non-hydrogen) atoms. The van der Waals surface area contributed by atoms with Crippen LogP contribution in [-0.4, -0.2) is 59.0 Å². The van der Waals surface area contributed by atoms with Gasteiger partial charge in [0.15, 0.2) is 0 Å². The Bertz CT molecular complexity index is 897. The Labute approximate surface area is 163 Å². The summed E-state index contributed by atoms with van der Waals surface area (Å²) in [6, 6.07) is 9.43. The highest BCUT2D eigenvalue weighted by Crippen LogP contribution is 2.31. The maximum absolute atomic E-state index is 12.5. The van der Waals surface area contributed by atoms with E-state index in [1.54, 1.807) is 11.1 Å². The summed E-state index contributed by atoms with van der Waals surface area (Å²) in [5, 5.41) is 10.7. The van der Waals surface area contributed by atoms with Crippen LogP contribution in [0.1, 0.15) is 19.3 Å². The second kappa shape index (κ2) is 7.71. The highest BCUT2D eigenvalue weighted by atomic mass is 35.5. The third-order valence-electron chi connectivity index (χ3n) is 5.28. The molecule has 0 saturated carbocycles. The van der Waals surface area contributed by atoms with E-state index < -0.39 is 0 Å². The van der Waals surface area contributed by atoms with E-state index in [1.165, 1.54) is 0 Å². The van der Waals surface area contributed by atoms with Crippen molar-refractivity contribution >= 4 is 28.4 Å². The number of fused-ring (bicyclic) bond motifs is 1. The molecule has 2 aliphatic heterocycles. The van der Waals surface area contributed by atoms with E-state index in [9.17, 15) is 4.79 Å². The van der Waals surface area contributed by atoms with Gasteiger partial charge in [0.25, 0.3) is 0 Å². The molecule has 0 aliphatic carbocycles. The predicted octanol–water partition coefficient (Wildman–Crippen LogP) is 2.86. The lowest BCUT2D eigenvalue weighted by atomic mass is 10.2. The second-order valence-electron chi connectivity index (χ2n) is 7.08. The largest absolute Gasteiger partial charge is 0.487 e. The quantitative estimate of drug-likeness (QED) is 0.810. The molecule has 1 amide bonds. The second-order valence-corrected chi connectivity index (χ2v) is 7.49. The Kier molecular flexibility index (Phi) is 5.15. The monoisotopic (exact) mass is 384 g/mol. The Morgan fingerprint density at radius 3 is 3.07 bits per heavy atom. The van der Waals surface area contributed by atoms with Crippen molar-refractivity contribution in [3.63, 3.8) is 0 Å². The smallest absolute Gasteiger partial charge is 0.237 e. The number of hydrogen-bond acceptors (Lipinski definition) is 5. The topological polar surface area (TPSA) is 69.5 Å². The molecule has 2 saturated heterocycles. The number of amides is 1. The number of benzene rings is 1. The van der Waals surface area contributed by atoms with Crippen LogP contribution >= 0.6 is 11.6 Å². The van der Waals surface area contributed by atoms with E-state index in [2.05, 4.69) is 16.0 Å². The number of ether oxygens (including phenoxy) is 1. The number of likely N-dealkylation sites (tertiary alicyclic amines) is 2. The molecule has 0 spiro atoms. The van der Waals surface area contributed by atoms with Crippen LogP contribution in [-0.2, 0) is 4.79 Å². The van der Waals surface area contributed by atoms with Crippen LogP contribution in [0.25, 0.3) is 10.9 Å². The van der Waals surface area contributed by atoms with Gasteiger partial charge in [-0.05, 0) is 43.5 Å². The molecule has 2 fully saturated rings. The molecule has 0 bridgehead atoms. The molecule has 4 rings (SSSR count). The van der Waals surface area contributed by atoms with Crippen molar-refractivity contribution in [3.8, 4) is 11.8 Å². The summed E-state index contributed by atoms with van der Waals surface area (Å²) >= 11 is 6.24. The summed E-state index contributed by atoms with van der Waals surface area (Å²) in [5.41, 5.74) is 0.758. The number of carbonyl (C=O) groups excluding carboxylic acids is 1. The van der Waals surface area contributed by atoms with Crippen molar-refractivity contribution in [2.24, 2.45) is 0 Å². The lowest BCUT2D eigenvalue weighted by Gasteiger charge is -2.23. The van der Waals surface area contributed by atoms with Gasteiger partial charge in [0, 0.05) is 31.2 Å². The van der Waals surface area contributed by atoms with E-state index >= 15 is 0 Å². The lowest BCUT2D eigenvalue weighted by molar-refractivity contribution is -0.132. The van der Waals surface area contributed by atoms with Gasteiger partial charge in [-0.2, -0.15) is 5.26 Å². The zero-order valence-corrected chi connectivity index (χ0v) is 15.7. The van der Waals surface area contributed by atoms with Crippen LogP contribution in [0.3, 0.4) is 0 Å². The van der Waals surface area contributed by atoms with Gasteiger partial charge in [-0.3, -0.25) is 14.7 Å². The molecule has 2 atom stereocenters. The van der Waals surface area contributed by atoms with Crippen molar-refractivity contribution < 1.29 is 9.53 Å². The molecule has 2 aromatic rings. The average Bonchev–Trinajstić information content (AvgIpc) is 3.33. The fourth-order valence-corrected chi connectivity index (χ4v) is 4.12. The third kappa shape index (κ3) is 3.71. The van der Waals surface area contributed by atoms with Crippen LogP contribution in [0.2, 0.25) is 5.02 Å². The van der Waals surface area contributed by atoms with E-state index in [-0.39, 0.29) is 18.1 Å². The number of carbonyl (C=O) groups is 1. The van der Waals surface area contributed by atoms with Crippen LogP contribution < -0.4 is 4.74 Å². The summed E-state index contributed by atoms with van der Waals surface area (Å²) in [5.74, 6) is 0.760. The van der Waals surface area contributed by atoms with E-state index in [0.29, 0.717) is 24.7 Å². The van der Waals surface area contributed by atoms with Gasteiger partial charge >= 0.3 is 0 Å². The normalized spacial score (nSPS) is 22.9. The molecule has 140 valence electrons. The van der Waals surface area contributed by atoms with Gasteiger partial charge < -0.3 is 9.64 Å². The van der Waals surface area contributed by atoms with Gasteiger partial charge in [0.2, 0.25) is 5.91 Å². The van der Waals surface area contributed by atoms with Crippen molar-refractivity contribution in [3.05, 3.63) is 35.5 Å². The van der Waals surface area contributed by atoms with Crippen LogP contribution in [0.5, 0.6) is 5.75 Å². The number of pyridine rings is 1. The molecule has 2 aliphatic rings. The summed E-state index contributed by atoms with van der Waals surface area (Å²) in [7, 11) is 0. The molecule has 7 heteroatoms. The summed E-state index contributed by atoms with van der Waals surface area (Å²) in [4.78, 5) is 20.7. The minimum absolute atomic E-state index is 0.00882. The molecule has 2 unspecified atom stereocenters. The van der Waals surface area contributed by atoms with Gasteiger partial charge in [-0.25, -0.2) is 0 Å². The SMILES string of the molecule is N#CC1CCCN1C(=O)CN1CCC(Oc2ccc(Cl)c3cccnc23)C1. The number of rotatable bonds is 4. The predicted molar refractivity (Wildman–Crippen MR) is 103 cm³/mol. The number of halogens is 1. The van der Waals surface area contributed by atoms with Crippen molar-refractivity contribution in [1.29, 1.82) is 5.26 Å². The van der Waals surface area contributed by atoms with Crippen molar-refractivity contribution in [2.45, 2.75) is 31.4 Å². The first-order valence-corrected chi connectivity index (χ1v) is 9.65. The number of aromatic nitrogens is 1. The average molecular weight is 385 g/mol. The summed E-state index contributed by atoms with van der Waals surface area (Å²) in [6.45, 7) is 2.53. The Balaban J connectivity index is 1.39. The highest BCUT2D eigenvalue weighted by Gasteiger charge is 2.32. The van der Waals surface area contributed by atoms with Crippen molar-refractivity contribution in [2.75, 3.05) is 26.2 Å². The zero-order valence-electron chi connectivity index (χ0n) is 15.0. The summed E-state index contributed by atoms with van der Waals surface area (Å²) in [6.07, 6.45) is 4.28. The molecule has 0 radical (unpaired) electrons.